The topological polar surface area (TPSA) is 30.5 Å². The van der Waals surface area contributed by atoms with E-state index in [1.54, 1.807) is 0 Å². The maximum absolute atomic E-state index is 5.96. The molecule has 0 radical (unpaired) electrons. The minimum Gasteiger partial charge on any atom is -0.488 e. The van der Waals surface area contributed by atoms with Crippen LogP contribution in [0.3, 0.4) is 0 Å². The van der Waals surface area contributed by atoms with E-state index in [0.717, 1.165) is 29.8 Å². The monoisotopic (exact) mass is 313 g/mol. The first-order valence-corrected chi connectivity index (χ1v) is 7.31. The van der Waals surface area contributed by atoms with Crippen molar-refractivity contribution < 1.29 is 9.47 Å². The van der Waals surface area contributed by atoms with Gasteiger partial charge in [0.25, 0.3) is 0 Å². The van der Waals surface area contributed by atoms with Crippen LogP contribution in [0, 0.1) is 0 Å². The molecule has 1 N–H and O–H groups in total. The molecule has 1 aliphatic carbocycles. The zero-order valence-corrected chi connectivity index (χ0v) is 12.4. The van der Waals surface area contributed by atoms with E-state index < -0.39 is 0 Å². The molecule has 2 rings (SSSR count). The van der Waals surface area contributed by atoms with Crippen molar-refractivity contribution in [2.45, 2.75) is 38.5 Å². The molecule has 0 saturated heterocycles. The van der Waals surface area contributed by atoms with Crippen LogP contribution >= 0.6 is 15.9 Å². The lowest BCUT2D eigenvalue weighted by Gasteiger charge is -2.44. The first kappa shape index (κ1) is 13.8. The van der Waals surface area contributed by atoms with Crippen LogP contribution in [0.1, 0.15) is 20.3 Å². The number of benzene rings is 1. The highest BCUT2D eigenvalue weighted by molar-refractivity contribution is 9.10. The summed E-state index contributed by atoms with van der Waals surface area (Å²) in [6.45, 7) is 5.84. The summed E-state index contributed by atoms with van der Waals surface area (Å²) in [6.07, 6.45) is 1.34. The molecule has 0 spiro atoms. The van der Waals surface area contributed by atoms with Crippen LogP contribution in [0.15, 0.2) is 28.7 Å². The van der Waals surface area contributed by atoms with Crippen molar-refractivity contribution in [1.82, 2.24) is 5.32 Å². The van der Waals surface area contributed by atoms with E-state index in [1.807, 2.05) is 31.2 Å². The van der Waals surface area contributed by atoms with Gasteiger partial charge in [0.05, 0.1) is 0 Å². The highest BCUT2D eigenvalue weighted by Crippen LogP contribution is 2.29. The van der Waals surface area contributed by atoms with Gasteiger partial charge in [-0.15, -0.1) is 0 Å². The van der Waals surface area contributed by atoms with E-state index in [4.69, 9.17) is 9.47 Å². The average molecular weight is 314 g/mol. The molecule has 0 aliphatic heterocycles. The van der Waals surface area contributed by atoms with E-state index in [2.05, 4.69) is 28.2 Å². The highest BCUT2D eigenvalue weighted by Gasteiger charge is 2.43. The molecule has 1 aliphatic rings. The maximum Gasteiger partial charge on any atom is 0.128 e. The van der Waals surface area contributed by atoms with Gasteiger partial charge in [0.2, 0.25) is 0 Å². The van der Waals surface area contributed by atoms with Crippen molar-refractivity contribution in [2.24, 2.45) is 0 Å². The molecule has 4 heteroatoms. The Bertz CT molecular complexity index is 369. The lowest BCUT2D eigenvalue weighted by molar-refractivity contribution is -0.104. The molecule has 1 aromatic carbocycles. The Morgan fingerprint density at radius 1 is 1.28 bits per heavy atom. The summed E-state index contributed by atoms with van der Waals surface area (Å²) >= 11 is 3.42. The number of rotatable bonds is 6. The number of nitrogens with one attached hydrogen (secondary N) is 1. The van der Waals surface area contributed by atoms with Crippen molar-refractivity contribution >= 4 is 15.9 Å². The van der Waals surface area contributed by atoms with Crippen molar-refractivity contribution in [1.29, 1.82) is 0 Å². The summed E-state index contributed by atoms with van der Waals surface area (Å²) in [5.74, 6) is 0.905. The molecule has 0 aromatic heterocycles. The Hall–Kier alpha value is -0.580. The average Bonchev–Trinajstić information content (AvgIpc) is 2.37. The molecule has 1 aromatic rings. The van der Waals surface area contributed by atoms with Gasteiger partial charge in [0.1, 0.15) is 18.0 Å². The SMILES string of the molecule is CCNC1CC(Oc2ccc(Br)cc2)C1OCC. The van der Waals surface area contributed by atoms with E-state index in [9.17, 15) is 0 Å². The van der Waals surface area contributed by atoms with Gasteiger partial charge in [-0.05, 0) is 37.7 Å². The summed E-state index contributed by atoms with van der Waals surface area (Å²) < 4.78 is 12.8. The maximum atomic E-state index is 5.96. The first-order valence-electron chi connectivity index (χ1n) is 6.51. The Kier molecular flexibility index (Phi) is 5.03. The zero-order valence-electron chi connectivity index (χ0n) is 10.9. The fourth-order valence-corrected chi connectivity index (χ4v) is 2.53. The lowest BCUT2D eigenvalue weighted by Crippen LogP contribution is -2.61. The molecule has 0 amide bonds. The summed E-state index contributed by atoms with van der Waals surface area (Å²) in [5.41, 5.74) is 0. The summed E-state index contributed by atoms with van der Waals surface area (Å²) in [5, 5.41) is 3.43. The standard InChI is InChI=1S/C14H20BrNO2/c1-3-16-12-9-13(14(12)17-4-2)18-11-7-5-10(15)6-8-11/h5-8,12-14,16H,3-4,9H2,1-2H3. The van der Waals surface area contributed by atoms with Gasteiger partial charge in [-0.3, -0.25) is 0 Å². The van der Waals surface area contributed by atoms with Crippen LogP contribution in [0.5, 0.6) is 5.75 Å². The minimum atomic E-state index is 0.162. The fraction of sp³-hybridized carbons (Fsp3) is 0.571. The third-order valence-electron chi connectivity index (χ3n) is 3.18. The normalized spacial score (nSPS) is 26.7. The lowest BCUT2D eigenvalue weighted by atomic mass is 9.85. The third kappa shape index (κ3) is 3.25. The summed E-state index contributed by atoms with van der Waals surface area (Å²) in [7, 11) is 0. The second-order valence-corrected chi connectivity index (χ2v) is 5.35. The Balaban J connectivity index is 1.91. The highest BCUT2D eigenvalue weighted by atomic mass is 79.9. The van der Waals surface area contributed by atoms with Crippen molar-refractivity contribution in [3.05, 3.63) is 28.7 Å². The van der Waals surface area contributed by atoms with Crippen LogP contribution in [0.4, 0.5) is 0 Å². The van der Waals surface area contributed by atoms with Gasteiger partial charge in [-0.25, -0.2) is 0 Å². The molecule has 1 fully saturated rings. The van der Waals surface area contributed by atoms with Crippen molar-refractivity contribution in [3.8, 4) is 5.75 Å². The summed E-state index contributed by atoms with van der Waals surface area (Å²) in [6, 6.07) is 8.37. The second-order valence-electron chi connectivity index (χ2n) is 4.43. The molecule has 3 unspecified atom stereocenters. The van der Waals surface area contributed by atoms with E-state index in [1.165, 1.54) is 0 Å². The van der Waals surface area contributed by atoms with Crippen molar-refractivity contribution in [2.75, 3.05) is 13.2 Å². The van der Waals surface area contributed by atoms with E-state index >= 15 is 0 Å². The zero-order chi connectivity index (χ0) is 13.0. The number of hydrogen-bond acceptors (Lipinski definition) is 3. The smallest absolute Gasteiger partial charge is 0.128 e. The number of likely N-dealkylation sites (N-methyl/N-ethyl adjacent to an activating group) is 1. The van der Waals surface area contributed by atoms with E-state index in [0.29, 0.717) is 6.04 Å². The molecule has 3 atom stereocenters. The first-order chi connectivity index (χ1) is 8.74. The van der Waals surface area contributed by atoms with Crippen LogP contribution < -0.4 is 10.1 Å². The molecular formula is C14H20BrNO2. The van der Waals surface area contributed by atoms with Gasteiger partial charge < -0.3 is 14.8 Å². The van der Waals surface area contributed by atoms with Crippen LogP contribution in [0.25, 0.3) is 0 Å². The predicted octanol–water partition coefficient (Wildman–Crippen LogP) is 2.98. The van der Waals surface area contributed by atoms with Gasteiger partial charge >= 0.3 is 0 Å². The van der Waals surface area contributed by atoms with Gasteiger partial charge in [0.15, 0.2) is 0 Å². The van der Waals surface area contributed by atoms with Crippen LogP contribution in [-0.2, 0) is 4.74 Å². The van der Waals surface area contributed by atoms with E-state index in [-0.39, 0.29) is 12.2 Å². The molecule has 1 saturated carbocycles. The molecule has 3 nitrogen and oxygen atoms in total. The third-order valence-corrected chi connectivity index (χ3v) is 3.70. The fourth-order valence-electron chi connectivity index (χ4n) is 2.26. The van der Waals surface area contributed by atoms with Gasteiger partial charge in [-0.1, -0.05) is 22.9 Å². The largest absolute Gasteiger partial charge is 0.488 e. The number of halogens is 1. The minimum absolute atomic E-state index is 0.162. The number of ether oxygens (including phenoxy) is 2. The molecule has 100 valence electrons. The Labute approximate surface area is 117 Å². The van der Waals surface area contributed by atoms with Gasteiger partial charge in [0, 0.05) is 23.5 Å². The predicted molar refractivity (Wildman–Crippen MR) is 76.1 cm³/mol. The quantitative estimate of drug-likeness (QED) is 0.876. The number of hydrogen-bond donors (Lipinski definition) is 1. The molecule has 18 heavy (non-hydrogen) atoms. The molecule has 0 heterocycles. The molecular weight excluding hydrogens is 294 g/mol. The van der Waals surface area contributed by atoms with Crippen LogP contribution in [0.2, 0.25) is 0 Å². The summed E-state index contributed by atoms with van der Waals surface area (Å²) in [4.78, 5) is 0. The second kappa shape index (κ2) is 6.55. The molecule has 0 bridgehead atoms. The Morgan fingerprint density at radius 2 is 2.00 bits per heavy atom. The Morgan fingerprint density at radius 3 is 2.61 bits per heavy atom. The van der Waals surface area contributed by atoms with Gasteiger partial charge in [-0.2, -0.15) is 0 Å². The van der Waals surface area contributed by atoms with Crippen molar-refractivity contribution in [3.63, 3.8) is 0 Å². The van der Waals surface area contributed by atoms with Crippen LogP contribution in [-0.4, -0.2) is 31.4 Å².